The first-order valence-electron chi connectivity index (χ1n) is 5.37. The summed E-state index contributed by atoms with van der Waals surface area (Å²) < 4.78 is 1.87. The number of nitriles is 1. The highest BCUT2D eigenvalue weighted by Gasteiger charge is 2.14. The topological polar surface area (TPSA) is 57.8 Å². The minimum atomic E-state index is -0.0710. The van der Waals surface area contributed by atoms with Crippen LogP contribution in [0.2, 0.25) is 0 Å². The highest BCUT2D eigenvalue weighted by atomic mass is 16.1. The Morgan fingerprint density at radius 2 is 2.18 bits per heavy atom. The fourth-order valence-corrected chi connectivity index (χ4v) is 2.00. The number of amides is 1. The van der Waals surface area contributed by atoms with Crippen molar-refractivity contribution in [3.05, 3.63) is 35.5 Å². The molecular weight excluding hydrogens is 214 g/mol. The first-order chi connectivity index (χ1) is 8.19. The summed E-state index contributed by atoms with van der Waals surface area (Å²) in [4.78, 5) is 11.5. The number of fused-ring (bicyclic) bond motifs is 1. The average Bonchev–Trinajstić information content (AvgIpc) is 2.62. The number of hydrogen-bond acceptors (Lipinski definition) is 2. The number of carbonyl (C=O) groups excluding carboxylic acids is 1. The number of carbonyl (C=O) groups is 1. The Morgan fingerprint density at radius 1 is 1.47 bits per heavy atom. The first-order valence-corrected chi connectivity index (χ1v) is 5.37. The number of benzene rings is 1. The van der Waals surface area contributed by atoms with E-state index in [0.29, 0.717) is 5.56 Å². The second kappa shape index (κ2) is 4.30. The van der Waals surface area contributed by atoms with Crippen LogP contribution in [0, 0.1) is 18.3 Å². The van der Waals surface area contributed by atoms with Gasteiger partial charge in [0.1, 0.15) is 12.6 Å². The molecule has 1 N–H and O–H groups in total. The van der Waals surface area contributed by atoms with E-state index in [1.807, 2.05) is 35.8 Å². The van der Waals surface area contributed by atoms with E-state index in [9.17, 15) is 4.79 Å². The van der Waals surface area contributed by atoms with Crippen LogP contribution in [0.4, 0.5) is 0 Å². The van der Waals surface area contributed by atoms with Gasteiger partial charge in [0.2, 0.25) is 5.91 Å². The molecule has 17 heavy (non-hydrogen) atoms. The summed E-state index contributed by atoms with van der Waals surface area (Å²) >= 11 is 0. The van der Waals surface area contributed by atoms with Gasteiger partial charge in [-0.1, -0.05) is 18.2 Å². The molecule has 0 bridgehead atoms. The van der Waals surface area contributed by atoms with Crippen molar-refractivity contribution in [2.24, 2.45) is 0 Å². The molecule has 0 saturated heterocycles. The van der Waals surface area contributed by atoms with Crippen LogP contribution in [-0.4, -0.2) is 17.5 Å². The van der Waals surface area contributed by atoms with Crippen LogP contribution in [-0.2, 0) is 11.3 Å². The van der Waals surface area contributed by atoms with Crippen LogP contribution in [0.5, 0.6) is 0 Å². The largest absolute Gasteiger partial charge is 0.358 e. The van der Waals surface area contributed by atoms with Crippen molar-refractivity contribution >= 4 is 16.8 Å². The standard InChI is InChI=1S/C13H13N3O/c1-9-11(7-14)10-5-3-4-6-12(10)16(9)8-13(17)15-2/h3-6H,8H2,1-2H3,(H,15,17). The molecule has 2 aromatic rings. The second-order valence-electron chi connectivity index (χ2n) is 3.85. The van der Waals surface area contributed by atoms with E-state index >= 15 is 0 Å². The third-order valence-corrected chi connectivity index (χ3v) is 2.92. The van der Waals surface area contributed by atoms with E-state index in [2.05, 4.69) is 11.4 Å². The predicted octanol–water partition coefficient (Wildman–Crippen LogP) is 1.57. The van der Waals surface area contributed by atoms with Crippen molar-refractivity contribution < 1.29 is 4.79 Å². The van der Waals surface area contributed by atoms with Gasteiger partial charge in [0.15, 0.2) is 0 Å². The fraction of sp³-hybridized carbons (Fsp3) is 0.231. The molecule has 86 valence electrons. The number of rotatable bonds is 2. The maximum atomic E-state index is 11.5. The Bertz CT molecular complexity index is 619. The van der Waals surface area contributed by atoms with Crippen LogP contribution in [0.3, 0.4) is 0 Å². The number of nitrogens with zero attached hydrogens (tertiary/aromatic N) is 2. The molecule has 0 aliphatic rings. The van der Waals surface area contributed by atoms with Crippen molar-refractivity contribution in [3.63, 3.8) is 0 Å². The molecule has 0 radical (unpaired) electrons. The molecule has 1 heterocycles. The van der Waals surface area contributed by atoms with Gasteiger partial charge in [-0.05, 0) is 13.0 Å². The molecule has 0 aliphatic carbocycles. The summed E-state index contributed by atoms with van der Waals surface area (Å²) in [5.74, 6) is -0.0710. The van der Waals surface area contributed by atoms with Crippen LogP contribution in [0.1, 0.15) is 11.3 Å². The lowest BCUT2D eigenvalue weighted by Gasteiger charge is -2.06. The molecule has 1 amide bonds. The van der Waals surface area contributed by atoms with Crippen molar-refractivity contribution in [2.45, 2.75) is 13.5 Å². The summed E-state index contributed by atoms with van der Waals surface area (Å²) in [7, 11) is 1.61. The first kappa shape index (κ1) is 11.2. The van der Waals surface area contributed by atoms with Gasteiger partial charge in [-0.25, -0.2) is 0 Å². The van der Waals surface area contributed by atoms with Crippen LogP contribution >= 0.6 is 0 Å². The lowest BCUT2D eigenvalue weighted by molar-refractivity contribution is -0.121. The van der Waals surface area contributed by atoms with Gasteiger partial charge in [-0.15, -0.1) is 0 Å². The van der Waals surface area contributed by atoms with E-state index < -0.39 is 0 Å². The summed E-state index contributed by atoms with van der Waals surface area (Å²) in [6, 6.07) is 9.83. The van der Waals surface area contributed by atoms with E-state index in [1.54, 1.807) is 7.05 Å². The van der Waals surface area contributed by atoms with Gasteiger partial charge in [0.05, 0.1) is 11.1 Å². The Kier molecular flexibility index (Phi) is 2.84. The molecular formula is C13H13N3O. The molecule has 0 unspecified atom stereocenters. The highest BCUT2D eigenvalue weighted by molar-refractivity contribution is 5.89. The Labute approximate surface area is 99.5 Å². The van der Waals surface area contributed by atoms with Gasteiger partial charge in [-0.2, -0.15) is 5.26 Å². The molecule has 4 heteroatoms. The number of para-hydroxylation sites is 1. The molecule has 4 nitrogen and oxygen atoms in total. The SMILES string of the molecule is CNC(=O)Cn1c(C)c(C#N)c2ccccc21. The quantitative estimate of drug-likeness (QED) is 0.846. The molecule has 0 saturated carbocycles. The van der Waals surface area contributed by atoms with E-state index in [0.717, 1.165) is 16.6 Å². The van der Waals surface area contributed by atoms with E-state index in [1.165, 1.54) is 0 Å². The van der Waals surface area contributed by atoms with Crippen LogP contribution in [0.25, 0.3) is 10.9 Å². The molecule has 1 aromatic carbocycles. The molecule has 2 rings (SSSR count). The van der Waals surface area contributed by atoms with E-state index in [4.69, 9.17) is 5.26 Å². The summed E-state index contributed by atoms with van der Waals surface area (Å²) in [5.41, 5.74) is 2.40. The zero-order valence-electron chi connectivity index (χ0n) is 9.82. The summed E-state index contributed by atoms with van der Waals surface area (Å²) in [6.45, 7) is 2.10. The zero-order chi connectivity index (χ0) is 12.4. The van der Waals surface area contributed by atoms with Crippen molar-refractivity contribution in [2.75, 3.05) is 7.05 Å². The Morgan fingerprint density at radius 3 is 2.82 bits per heavy atom. The third-order valence-electron chi connectivity index (χ3n) is 2.92. The Balaban J connectivity index is 2.67. The number of likely N-dealkylation sites (N-methyl/N-ethyl adjacent to an activating group) is 1. The van der Waals surface area contributed by atoms with Gasteiger partial charge >= 0.3 is 0 Å². The molecule has 0 atom stereocenters. The van der Waals surface area contributed by atoms with Crippen LogP contribution < -0.4 is 5.32 Å². The number of hydrogen-bond donors (Lipinski definition) is 1. The van der Waals surface area contributed by atoms with Gasteiger partial charge in [-0.3, -0.25) is 4.79 Å². The summed E-state index contributed by atoms with van der Waals surface area (Å²) in [6.07, 6.45) is 0. The maximum absolute atomic E-state index is 11.5. The van der Waals surface area contributed by atoms with Gasteiger partial charge in [0.25, 0.3) is 0 Å². The van der Waals surface area contributed by atoms with Crippen molar-refractivity contribution in [1.82, 2.24) is 9.88 Å². The lowest BCUT2D eigenvalue weighted by atomic mass is 10.1. The Hall–Kier alpha value is -2.28. The minimum absolute atomic E-state index is 0.0710. The van der Waals surface area contributed by atoms with Gasteiger partial charge < -0.3 is 9.88 Å². The van der Waals surface area contributed by atoms with Crippen molar-refractivity contribution in [1.29, 1.82) is 5.26 Å². The lowest BCUT2D eigenvalue weighted by Crippen LogP contribution is -2.23. The second-order valence-corrected chi connectivity index (χ2v) is 3.85. The normalized spacial score (nSPS) is 10.2. The highest BCUT2D eigenvalue weighted by Crippen LogP contribution is 2.24. The fourth-order valence-electron chi connectivity index (χ4n) is 2.00. The van der Waals surface area contributed by atoms with Gasteiger partial charge in [0, 0.05) is 18.1 Å². The maximum Gasteiger partial charge on any atom is 0.239 e. The molecule has 0 aliphatic heterocycles. The average molecular weight is 227 g/mol. The van der Waals surface area contributed by atoms with Crippen molar-refractivity contribution in [3.8, 4) is 6.07 Å². The number of aromatic nitrogens is 1. The molecule has 1 aromatic heterocycles. The zero-order valence-corrected chi connectivity index (χ0v) is 9.82. The minimum Gasteiger partial charge on any atom is -0.358 e. The molecule has 0 fully saturated rings. The third kappa shape index (κ3) is 1.76. The monoisotopic (exact) mass is 227 g/mol. The predicted molar refractivity (Wildman–Crippen MR) is 65.5 cm³/mol. The van der Waals surface area contributed by atoms with Crippen LogP contribution in [0.15, 0.2) is 24.3 Å². The van der Waals surface area contributed by atoms with E-state index in [-0.39, 0.29) is 12.5 Å². The number of nitrogens with one attached hydrogen (secondary N) is 1. The summed E-state index contributed by atoms with van der Waals surface area (Å²) in [5, 5.41) is 12.6. The molecule has 0 spiro atoms. The smallest absolute Gasteiger partial charge is 0.239 e.